The number of hydrogen-bond donors (Lipinski definition) is 6. The molecule has 0 spiro atoms. The molecule has 4 aromatic rings. The molecule has 6 N–H and O–H groups in total. The standard InChI is InChI=1S/C37H43N5O6S/c1-4-49(47,48)42-33-21-30(36(45)39-25(2)29-15-9-6-10-16-29)20-31(22-33)37(46)41-34(19-27-12-7-5-8-13-27)35(44)24-38-23-28-14-11-17-32(18-28)40-26(3)43/h5-18,20-22,25,34-35,38,42,44H,4,19,23-24H2,1-3H3,(H,39,45)(H,40,43)(H,41,46)/t25-,34+,35-/m1/s1. The van der Waals surface area contributed by atoms with Crippen molar-refractivity contribution in [3.63, 3.8) is 0 Å². The lowest BCUT2D eigenvalue weighted by molar-refractivity contribution is -0.114. The Balaban J connectivity index is 1.55. The lowest BCUT2D eigenvalue weighted by Gasteiger charge is -2.25. The fourth-order valence-electron chi connectivity index (χ4n) is 5.18. The summed E-state index contributed by atoms with van der Waals surface area (Å²) >= 11 is 0. The van der Waals surface area contributed by atoms with Crippen LogP contribution in [0.4, 0.5) is 11.4 Å². The quantitative estimate of drug-likeness (QED) is 0.102. The number of amides is 3. The number of aliphatic hydroxyl groups excluding tert-OH is 1. The van der Waals surface area contributed by atoms with Crippen molar-refractivity contribution in [1.82, 2.24) is 16.0 Å². The third-order valence-corrected chi connectivity index (χ3v) is 9.07. The SMILES string of the molecule is CCS(=O)(=O)Nc1cc(C(=O)N[C@@H](Cc2ccccc2)[C@H](O)CNCc2cccc(NC(C)=O)c2)cc(C(=O)N[C@H](C)c2ccccc2)c1. The van der Waals surface area contributed by atoms with Crippen LogP contribution in [-0.4, -0.2) is 55.7 Å². The van der Waals surface area contributed by atoms with Gasteiger partial charge in [-0.15, -0.1) is 0 Å². The van der Waals surface area contributed by atoms with Gasteiger partial charge in [-0.1, -0.05) is 72.8 Å². The number of nitrogens with one attached hydrogen (secondary N) is 5. The molecule has 0 saturated carbocycles. The minimum absolute atomic E-state index is 0.0434. The first kappa shape index (κ1) is 36.8. The Morgan fingerprint density at radius 1 is 0.755 bits per heavy atom. The number of hydrogen-bond acceptors (Lipinski definition) is 7. The van der Waals surface area contributed by atoms with Gasteiger partial charge < -0.3 is 26.4 Å². The molecule has 0 aliphatic carbocycles. The van der Waals surface area contributed by atoms with Crippen molar-refractivity contribution in [2.24, 2.45) is 0 Å². The molecule has 11 nitrogen and oxygen atoms in total. The Bertz CT molecular complexity index is 1840. The van der Waals surface area contributed by atoms with Gasteiger partial charge in [-0.25, -0.2) is 8.42 Å². The predicted octanol–water partition coefficient (Wildman–Crippen LogP) is 4.39. The van der Waals surface area contributed by atoms with Gasteiger partial charge in [0.05, 0.1) is 29.6 Å². The minimum atomic E-state index is -3.73. The zero-order valence-corrected chi connectivity index (χ0v) is 28.6. The van der Waals surface area contributed by atoms with Gasteiger partial charge in [0.2, 0.25) is 15.9 Å². The molecule has 0 fully saturated rings. The molecule has 3 atom stereocenters. The smallest absolute Gasteiger partial charge is 0.251 e. The van der Waals surface area contributed by atoms with Crippen LogP contribution < -0.4 is 26.0 Å². The van der Waals surface area contributed by atoms with Crippen LogP contribution in [0.25, 0.3) is 0 Å². The Labute approximate surface area is 287 Å². The summed E-state index contributed by atoms with van der Waals surface area (Å²) in [6.07, 6.45) is -0.726. The molecule has 0 radical (unpaired) electrons. The maximum atomic E-state index is 13.8. The Hall–Kier alpha value is -5.04. The van der Waals surface area contributed by atoms with Gasteiger partial charge in [-0.3, -0.25) is 19.1 Å². The van der Waals surface area contributed by atoms with Crippen molar-refractivity contribution in [3.05, 3.63) is 131 Å². The van der Waals surface area contributed by atoms with Gasteiger partial charge in [-0.05, 0) is 67.3 Å². The first-order valence-electron chi connectivity index (χ1n) is 16.0. The summed E-state index contributed by atoms with van der Waals surface area (Å²) in [6, 6.07) is 29.1. The van der Waals surface area contributed by atoms with E-state index in [1.807, 2.05) is 85.8 Å². The van der Waals surface area contributed by atoms with Crippen molar-refractivity contribution >= 4 is 39.1 Å². The number of rotatable bonds is 16. The van der Waals surface area contributed by atoms with E-state index in [-0.39, 0.29) is 41.1 Å². The summed E-state index contributed by atoms with van der Waals surface area (Å²) < 4.78 is 27.4. The van der Waals surface area contributed by atoms with Gasteiger partial charge in [-0.2, -0.15) is 0 Å². The van der Waals surface area contributed by atoms with Crippen LogP contribution in [0.1, 0.15) is 64.2 Å². The average molecular weight is 686 g/mol. The second kappa shape index (κ2) is 17.4. The van der Waals surface area contributed by atoms with Crippen molar-refractivity contribution in [2.45, 2.75) is 51.9 Å². The zero-order chi connectivity index (χ0) is 35.4. The summed E-state index contributed by atoms with van der Waals surface area (Å²) in [4.78, 5) is 38.6. The second-order valence-electron chi connectivity index (χ2n) is 11.8. The number of sulfonamides is 1. The maximum absolute atomic E-state index is 13.8. The van der Waals surface area contributed by atoms with Gasteiger partial charge >= 0.3 is 0 Å². The molecule has 258 valence electrons. The lowest BCUT2D eigenvalue weighted by atomic mass is 10.00. The molecule has 0 aliphatic heterocycles. The van der Waals surface area contributed by atoms with E-state index < -0.39 is 34.0 Å². The number of aliphatic hydroxyl groups is 1. The van der Waals surface area contributed by atoms with Crippen LogP contribution in [0.3, 0.4) is 0 Å². The third kappa shape index (κ3) is 11.6. The topological polar surface area (TPSA) is 166 Å². The molecular weight excluding hydrogens is 643 g/mol. The van der Waals surface area contributed by atoms with E-state index in [9.17, 15) is 27.9 Å². The highest BCUT2D eigenvalue weighted by Crippen LogP contribution is 2.20. The summed E-state index contributed by atoms with van der Waals surface area (Å²) in [6.45, 7) is 5.27. The summed E-state index contributed by atoms with van der Waals surface area (Å²) in [5, 5.41) is 23.1. The Kier molecular flexibility index (Phi) is 13.1. The first-order chi connectivity index (χ1) is 23.4. The van der Waals surface area contributed by atoms with Crippen LogP contribution >= 0.6 is 0 Å². The number of carbonyl (C=O) groups excluding carboxylic acids is 3. The van der Waals surface area contributed by atoms with E-state index in [1.165, 1.54) is 32.0 Å². The molecule has 4 rings (SSSR count). The maximum Gasteiger partial charge on any atom is 0.251 e. The van der Waals surface area contributed by atoms with E-state index in [4.69, 9.17) is 0 Å². The molecule has 0 bridgehead atoms. The monoisotopic (exact) mass is 685 g/mol. The zero-order valence-electron chi connectivity index (χ0n) is 27.8. The molecule has 0 saturated heterocycles. The number of anilines is 2. The molecule has 3 amide bonds. The highest BCUT2D eigenvalue weighted by atomic mass is 32.2. The molecule has 4 aromatic carbocycles. The fourth-order valence-corrected chi connectivity index (χ4v) is 5.80. The van der Waals surface area contributed by atoms with E-state index in [2.05, 4.69) is 26.0 Å². The normalized spacial score (nSPS) is 13.1. The van der Waals surface area contributed by atoms with Crippen LogP contribution in [0.2, 0.25) is 0 Å². The minimum Gasteiger partial charge on any atom is -0.390 e. The first-order valence-corrected chi connectivity index (χ1v) is 17.7. The molecule has 0 unspecified atom stereocenters. The van der Waals surface area contributed by atoms with E-state index >= 15 is 0 Å². The number of carbonyl (C=O) groups is 3. The van der Waals surface area contributed by atoms with Crippen molar-refractivity contribution in [3.8, 4) is 0 Å². The fraction of sp³-hybridized carbons (Fsp3) is 0.270. The van der Waals surface area contributed by atoms with Gasteiger partial charge in [0.25, 0.3) is 11.8 Å². The van der Waals surface area contributed by atoms with Crippen molar-refractivity contribution < 1.29 is 27.9 Å². The average Bonchev–Trinajstić information content (AvgIpc) is 3.08. The van der Waals surface area contributed by atoms with Crippen LogP contribution in [-0.2, 0) is 27.8 Å². The van der Waals surface area contributed by atoms with Crippen molar-refractivity contribution in [2.75, 3.05) is 22.3 Å². The number of benzene rings is 4. The lowest BCUT2D eigenvalue weighted by Crippen LogP contribution is -2.48. The largest absolute Gasteiger partial charge is 0.390 e. The van der Waals surface area contributed by atoms with Crippen molar-refractivity contribution in [1.29, 1.82) is 0 Å². The molecule has 12 heteroatoms. The highest BCUT2D eigenvalue weighted by molar-refractivity contribution is 7.92. The molecule has 0 heterocycles. The molecule has 0 aliphatic rings. The van der Waals surface area contributed by atoms with Gasteiger partial charge in [0, 0.05) is 36.8 Å². The van der Waals surface area contributed by atoms with Crippen LogP contribution in [0.15, 0.2) is 103 Å². The highest BCUT2D eigenvalue weighted by Gasteiger charge is 2.24. The molecule has 0 aromatic heterocycles. The van der Waals surface area contributed by atoms with E-state index in [1.54, 1.807) is 6.07 Å². The second-order valence-corrected chi connectivity index (χ2v) is 13.8. The van der Waals surface area contributed by atoms with Gasteiger partial charge in [0.1, 0.15) is 0 Å². The van der Waals surface area contributed by atoms with Crippen LogP contribution in [0.5, 0.6) is 0 Å². The summed E-state index contributed by atoms with van der Waals surface area (Å²) in [5.41, 5.74) is 3.51. The summed E-state index contributed by atoms with van der Waals surface area (Å²) in [5.74, 6) is -1.46. The Morgan fingerprint density at radius 3 is 2.00 bits per heavy atom. The predicted molar refractivity (Wildman–Crippen MR) is 192 cm³/mol. The van der Waals surface area contributed by atoms with Crippen LogP contribution in [0, 0.1) is 0 Å². The van der Waals surface area contributed by atoms with Gasteiger partial charge in [0.15, 0.2) is 0 Å². The third-order valence-electron chi connectivity index (χ3n) is 7.77. The summed E-state index contributed by atoms with van der Waals surface area (Å²) in [7, 11) is -3.73. The van der Waals surface area contributed by atoms with E-state index in [0.29, 0.717) is 18.7 Å². The molecular formula is C37H43N5O6S. The molecule has 49 heavy (non-hydrogen) atoms. The van der Waals surface area contributed by atoms with E-state index in [0.717, 1.165) is 16.7 Å². The Morgan fingerprint density at radius 2 is 1.37 bits per heavy atom.